The lowest BCUT2D eigenvalue weighted by Gasteiger charge is -2.35. The van der Waals surface area contributed by atoms with E-state index in [0.29, 0.717) is 18.3 Å². The highest BCUT2D eigenvalue weighted by molar-refractivity contribution is 7.97. The summed E-state index contributed by atoms with van der Waals surface area (Å²) in [5, 5.41) is 11.7. The molecule has 0 atom stereocenters. The van der Waals surface area contributed by atoms with Crippen molar-refractivity contribution in [3.63, 3.8) is 0 Å². The molecule has 34 heavy (non-hydrogen) atoms. The van der Waals surface area contributed by atoms with Crippen LogP contribution in [0.25, 0.3) is 0 Å². The van der Waals surface area contributed by atoms with Crippen molar-refractivity contribution < 1.29 is 14.7 Å². The van der Waals surface area contributed by atoms with Crippen molar-refractivity contribution in [1.29, 1.82) is 0 Å². The fourth-order valence-electron chi connectivity index (χ4n) is 4.35. The number of carbonyl (C=O) groups excluding carboxylic acids is 1. The Kier molecular flexibility index (Phi) is 8.39. The Bertz CT molecular complexity index is 1010. The zero-order chi connectivity index (χ0) is 23.9. The molecule has 2 aliphatic rings. The van der Waals surface area contributed by atoms with Crippen molar-refractivity contribution in [2.24, 2.45) is 5.92 Å². The number of nitrogens with zero attached hydrogens (tertiary/aromatic N) is 3. The van der Waals surface area contributed by atoms with Crippen molar-refractivity contribution in [2.45, 2.75) is 69.2 Å². The van der Waals surface area contributed by atoms with Gasteiger partial charge in [-0.15, -0.1) is 0 Å². The number of aromatic nitrogens is 2. The van der Waals surface area contributed by atoms with E-state index >= 15 is 0 Å². The van der Waals surface area contributed by atoms with Crippen LogP contribution in [0.2, 0.25) is 0 Å². The van der Waals surface area contributed by atoms with Crippen LogP contribution in [0.5, 0.6) is 0 Å². The minimum absolute atomic E-state index is 0.0693. The maximum absolute atomic E-state index is 13.0. The standard InChI is InChI=1S/C25H33N5O3S/c1-17-13-20(34-28-12-11-24(31)32)9-10-21(17)29-25(33)22-14-23(27-16-26-22)30(15-18-7-8-18)19-5-3-2-4-6-19/h9-10,13-14,16,18-19,28H,2-8,11-12,15H2,1H3,(H,29,33)(H,31,32). The van der Waals surface area contributed by atoms with Gasteiger partial charge in [-0.25, -0.2) is 9.97 Å². The molecule has 0 unspecified atom stereocenters. The molecule has 1 aromatic heterocycles. The van der Waals surface area contributed by atoms with Crippen LogP contribution in [0.4, 0.5) is 11.5 Å². The Morgan fingerprint density at radius 2 is 1.91 bits per heavy atom. The Morgan fingerprint density at radius 1 is 1.12 bits per heavy atom. The van der Waals surface area contributed by atoms with Crippen molar-refractivity contribution in [1.82, 2.24) is 14.7 Å². The molecule has 1 amide bonds. The second-order valence-electron chi connectivity index (χ2n) is 9.22. The normalized spacial score (nSPS) is 16.3. The zero-order valence-electron chi connectivity index (χ0n) is 19.6. The van der Waals surface area contributed by atoms with Crippen LogP contribution in [-0.4, -0.2) is 46.1 Å². The lowest BCUT2D eigenvalue weighted by molar-refractivity contribution is -0.136. The van der Waals surface area contributed by atoms with E-state index in [0.717, 1.165) is 34.4 Å². The Labute approximate surface area is 205 Å². The minimum atomic E-state index is -0.829. The van der Waals surface area contributed by atoms with Gasteiger partial charge in [0, 0.05) is 35.8 Å². The molecule has 0 saturated heterocycles. The number of rotatable bonds is 11. The Balaban J connectivity index is 1.41. The summed E-state index contributed by atoms with van der Waals surface area (Å²) in [6, 6.07) is 8.04. The number of nitrogens with one attached hydrogen (secondary N) is 2. The number of aryl methyl sites for hydroxylation is 1. The molecule has 2 saturated carbocycles. The van der Waals surface area contributed by atoms with Gasteiger partial charge in [-0.2, -0.15) is 0 Å². The number of hydrogen-bond donors (Lipinski definition) is 3. The number of hydrogen-bond acceptors (Lipinski definition) is 7. The summed E-state index contributed by atoms with van der Waals surface area (Å²) in [6.45, 7) is 3.33. The van der Waals surface area contributed by atoms with Gasteiger partial charge < -0.3 is 15.3 Å². The van der Waals surface area contributed by atoms with Crippen LogP contribution in [0.1, 0.15) is 67.4 Å². The van der Waals surface area contributed by atoms with Gasteiger partial charge in [-0.3, -0.25) is 14.3 Å². The SMILES string of the molecule is Cc1cc(SNCCC(=O)O)ccc1NC(=O)c1cc(N(CC2CC2)C2CCCCC2)ncn1. The van der Waals surface area contributed by atoms with Gasteiger partial charge in [0.15, 0.2) is 0 Å². The van der Waals surface area contributed by atoms with Crippen LogP contribution < -0.4 is 14.9 Å². The van der Waals surface area contributed by atoms with E-state index in [1.165, 1.54) is 63.2 Å². The number of benzene rings is 1. The molecule has 4 rings (SSSR count). The third-order valence-electron chi connectivity index (χ3n) is 6.42. The van der Waals surface area contributed by atoms with Crippen LogP contribution in [-0.2, 0) is 4.79 Å². The van der Waals surface area contributed by atoms with E-state index in [1.54, 1.807) is 0 Å². The molecule has 0 bridgehead atoms. The molecule has 2 fully saturated rings. The van der Waals surface area contributed by atoms with Crippen molar-refractivity contribution >= 4 is 35.3 Å². The largest absolute Gasteiger partial charge is 0.481 e. The molecule has 8 nitrogen and oxygen atoms in total. The number of carbonyl (C=O) groups is 2. The number of amides is 1. The van der Waals surface area contributed by atoms with Gasteiger partial charge in [0.2, 0.25) is 0 Å². The van der Waals surface area contributed by atoms with Gasteiger partial charge in [0.05, 0.1) is 6.42 Å². The van der Waals surface area contributed by atoms with Gasteiger partial charge in [-0.1, -0.05) is 19.3 Å². The summed E-state index contributed by atoms with van der Waals surface area (Å²) >= 11 is 1.38. The van der Waals surface area contributed by atoms with E-state index in [4.69, 9.17) is 5.11 Å². The molecule has 2 aromatic rings. The van der Waals surface area contributed by atoms with Gasteiger partial charge in [-0.05, 0) is 74.2 Å². The second kappa shape index (κ2) is 11.7. The van der Waals surface area contributed by atoms with Crippen molar-refractivity contribution in [3.8, 4) is 0 Å². The Morgan fingerprint density at radius 3 is 2.62 bits per heavy atom. The summed E-state index contributed by atoms with van der Waals surface area (Å²) < 4.78 is 3.03. The number of anilines is 2. The fraction of sp³-hybridized carbons (Fsp3) is 0.520. The summed E-state index contributed by atoms with van der Waals surface area (Å²) in [4.78, 5) is 35.8. The predicted octanol–water partition coefficient (Wildman–Crippen LogP) is 4.66. The third kappa shape index (κ3) is 6.93. The molecular formula is C25H33N5O3S. The molecule has 0 spiro atoms. The molecule has 2 aliphatic carbocycles. The molecular weight excluding hydrogens is 450 g/mol. The first-order chi connectivity index (χ1) is 16.5. The lowest BCUT2D eigenvalue weighted by atomic mass is 9.94. The smallest absolute Gasteiger partial charge is 0.304 e. The molecule has 182 valence electrons. The summed E-state index contributed by atoms with van der Waals surface area (Å²) in [5.74, 6) is 0.521. The number of carboxylic acid groups (broad SMARTS) is 1. The molecule has 0 aliphatic heterocycles. The van der Waals surface area contributed by atoms with E-state index in [1.807, 2.05) is 31.2 Å². The maximum Gasteiger partial charge on any atom is 0.304 e. The highest BCUT2D eigenvalue weighted by Crippen LogP contribution is 2.34. The highest BCUT2D eigenvalue weighted by Gasteiger charge is 2.30. The minimum Gasteiger partial charge on any atom is -0.481 e. The van der Waals surface area contributed by atoms with E-state index in [2.05, 4.69) is 24.9 Å². The second-order valence-corrected chi connectivity index (χ2v) is 10.2. The first kappa shape index (κ1) is 24.5. The summed E-state index contributed by atoms with van der Waals surface area (Å²) in [5.41, 5.74) is 2.02. The van der Waals surface area contributed by atoms with Crippen LogP contribution in [0.15, 0.2) is 35.5 Å². The summed E-state index contributed by atoms with van der Waals surface area (Å²) in [6.07, 6.45) is 10.3. The van der Waals surface area contributed by atoms with Crippen LogP contribution in [0.3, 0.4) is 0 Å². The zero-order valence-corrected chi connectivity index (χ0v) is 20.4. The number of aliphatic carboxylic acids is 1. The molecule has 1 heterocycles. The van der Waals surface area contributed by atoms with Gasteiger partial charge in [0.1, 0.15) is 17.8 Å². The average Bonchev–Trinajstić information content (AvgIpc) is 3.67. The van der Waals surface area contributed by atoms with Crippen molar-refractivity contribution in [2.75, 3.05) is 23.3 Å². The lowest BCUT2D eigenvalue weighted by Crippen LogP contribution is -2.39. The van der Waals surface area contributed by atoms with Crippen molar-refractivity contribution in [3.05, 3.63) is 41.9 Å². The summed E-state index contributed by atoms with van der Waals surface area (Å²) in [7, 11) is 0. The van der Waals surface area contributed by atoms with Crippen LogP contribution in [0, 0.1) is 12.8 Å². The van der Waals surface area contributed by atoms with E-state index in [-0.39, 0.29) is 12.3 Å². The van der Waals surface area contributed by atoms with Gasteiger partial charge in [0.25, 0.3) is 5.91 Å². The number of carboxylic acids is 1. The third-order valence-corrected chi connectivity index (χ3v) is 7.26. The quantitative estimate of drug-likeness (QED) is 0.313. The maximum atomic E-state index is 13.0. The predicted molar refractivity (Wildman–Crippen MR) is 134 cm³/mol. The average molecular weight is 484 g/mol. The van der Waals surface area contributed by atoms with E-state index < -0.39 is 5.97 Å². The Hall–Kier alpha value is -2.65. The highest BCUT2D eigenvalue weighted by atomic mass is 32.2. The molecule has 0 radical (unpaired) electrons. The molecule has 1 aromatic carbocycles. The first-order valence-corrected chi connectivity index (χ1v) is 12.9. The van der Waals surface area contributed by atoms with Crippen LogP contribution >= 0.6 is 11.9 Å². The molecule has 3 N–H and O–H groups in total. The first-order valence-electron chi connectivity index (χ1n) is 12.1. The topological polar surface area (TPSA) is 107 Å². The monoisotopic (exact) mass is 483 g/mol. The van der Waals surface area contributed by atoms with Gasteiger partial charge >= 0.3 is 5.97 Å². The molecule has 9 heteroatoms. The van der Waals surface area contributed by atoms with E-state index in [9.17, 15) is 9.59 Å². The fourth-order valence-corrected chi connectivity index (χ4v) is 5.09.